The lowest BCUT2D eigenvalue weighted by atomic mass is 10.1. The molecule has 1 aliphatic heterocycles. The molecule has 0 spiro atoms. The predicted molar refractivity (Wildman–Crippen MR) is 50.6 cm³/mol. The summed E-state index contributed by atoms with van der Waals surface area (Å²) in [6.45, 7) is 2.80. The highest BCUT2D eigenvalue weighted by atomic mass is 19.4. The van der Waals surface area contributed by atoms with Crippen molar-refractivity contribution < 1.29 is 32.5 Å². The molecule has 0 aromatic rings. The summed E-state index contributed by atoms with van der Waals surface area (Å²) in [6, 6.07) is 0. The summed E-state index contributed by atoms with van der Waals surface area (Å²) in [6.07, 6.45) is -3.78. The van der Waals surface area contributed by atoms with Crippen molar-refractivity contribution in [3.05, 3.63) is 23.5 Å². The number of carbonyl (C=O) groups excluding carboxylic acids is 1. The Hall–Kier alpha value is -1.50. The SMILES string of the molecule is CCOC(=O)C1=C(C)OC(O)(C(F)(F)F)C=C1. The molecule has 1 unspecified atom stereocenters. The minimum atomic E-state index is -4.98. The third-order valence-corrected chi connectivity index (χ3v) is 2.07. The number of hydrogen-bond acceptors (Lipinski definition) is 4. The van der Waals surface area contributed by atoms with Gasteiger partial charge in [0.25, 0.3) is 0 Å². The van der Waals surface area contributed by atoms with E-state index < -0.39 is 17.9 Å². The van der Waals surface area contributed by atoms with Crippen LogP contribution in [0.2, 0.25) is 0 Å². The first-order valence-electron chi connectivity index (χ1n) is 4.76. The van der Waals surface area contributed by atoms with Crippen LogP contribution in [0.25, 0.3) is 0 Å². The Kier molecular flexibility index (Phi) is 3.51. The zero-order chi connectivity index (χ0) is 13.3. The summed E-state index contributed by atoms with van der Waals surface area (Å²) in [5.74, 6) is -4.54. The van der Waals surface area contributed by atoms with E-state index in [1.54, 1.807) is 6.92 Å². The number of hydrogen-bond donors (Lipinski definition) is 1. The molecule has 0 amide bonds. The fourth-order valence-corrected chi connectivity index (χ4v) is 1.21. The maximum atomic E-state index is 12.4. The lowest BCUT2D eigenvalue weighted by Crippen LogP contribution is -2.47. The third-order valence-electron chi connectivity index (χ3n) is 2.07. The second-order valence-electron chi connectivity index (χ2n) is 3.32. The Bertz CT molecular complexity index is 384. The molecule has 1 atom stereocenters. The predicted octanol–water partition coefficient (Wildman–Crippen LogP) is 1.66. The molecular weight excluding hydrogens is 241 g/mol. The summed E-state index contributed by atoms with van der Waals surface area (Å²) in [7, 11) is 0. The lowest BCUT2D eigenvalue weighted by Gasteiger charge is -2.31. The lowest BCUT2D eigenvalue weighted by molar-refractivity contribution is -0.330. The maximum absolute atomic E-state index is 12.4. The first kappa shape index (κ1) is 13.6. The first-order chi connectivity index (χ1) is 7.71. The Labute approximate surface area is 95.3 Å². The van der Waals surface area contributed by atoms with Gasteiger partial charge in [0, 0.05) is 0 Å². The van der Waals surface area contributed by atoms with Gasteiger partial charge < -0.3 is 14.6 Å². The van der Waals surface area contributed by atoms with Crippen LogP contribution in [-0.2, 0) is 14.3 Å². The van der Waals surface area contributed by atoms with Gasteiger partial charge in [0.15, 0.2) is 0 Å². The van der Waals surface area contributed by atoms with E-state index in [4.69, 9.17) is 0 Å². The van der Waals surface area contributed by atoms with E-state index in [0.29, 0.717) is 6.08 Å². The summed E-state index contributed by atoms with van der Waals surface area (Å²) < 4.78 is 46.2. The molecule has 0 radical (unpaired) electrons. The average Bonchev–Trinajstić information content (AvgIpc) is 2.16. The van der Waals surface area contributed by atoms with Crippen LogP contribution in [0.3, 0.4) is 0 Å². The molecular formula is C10H11F3O4. The normalized spacial score (nSPS) is 24.6. The largest absolute Gasteiger partial charge is 0.462 e. The Balaban J connectivity index is 2.95. The van der Waals surface area contributed by atoms with Gasteiger partial charge in [-0.15, -0.1) is 0 Å². The molecule has 7 heteroatoms. The molecule has 0 aromatic heterocycles. The molecule has 96 valence electrons. The Morgan fingerprint density at radius 1 is 1.59 bits per heavy atom. The van der Waals surface area contributed by atoms with Crippen molar-refractivity contribution in [1.29, 1.82) is 0 Å². The van der Waals surface area contributed by atoms with Crippen LogP contribution >= 0.6 is 0 Å². The van der Waals surface area contributed by atoms with Gasteiger partial charge >= 0.3 is 17.9 Å². The summed E-state index contributed by atoms with van der Waals surface area (Å²) in [4.78, 5) is 11.3. The number of allylic oxidation sites excluding steroid dienone is 1. The molecule has 1 heterocycles. The van der Waals surface area contributed by atoms with E-state index in [9.17, 15) is 23.1 Å². The molecule has 0 aliphatic carbocycles. The number of carbonyl (C=O) groups is 1. The molecule has 17 heavy (non-hydrogen) atoms. The van der Waals surface area contributed by atoms with Gasteiger partial charge in [0.05, 0.1) is 12.2 Å². The van der Waals surface area contributed by atoms with Crippen LogP contribution in [0.4, 0.5) is 13.2 Å². The van der Waals surface area contributed by atoms with E-state index >= 15 is 0 Å². The van der Waals surface area contributed by atoms with Crippen LogP contribution in [-0.4, -0.2) is 29.6 Å². The van der Waals surface area contributed by atoms with E-state index in [2.05, 4.69) is 9.47 Å². The summed E-state index contributed by atoms with van der Waals surface area (Å²) in [5.41, 5.74) is -0.152. The van der Waals surface area contributed by atoms with Crippen LogP contribution in [0.1, 0.15) is 13.8 Å². The number of esters is 1. The highest BCUT2D eigenvalue weighted by Gasteiger charge is 2.56. The van der Waals surface area contributed by atoms with Gasteiger partial charge in [-0.3, -0.25) is 0 Å². The zero-order valence-electron chi connectivity index (χ0n) is 9.17. The smallest absolute Gasteiger partial charge is 0.459 e. The van der Waals surface area contributed by atoms with E-state index in [-0.39, 0.29) is 17.9 Å². The van der Waals surface area contributed by atoms with Crippen molar-refractivity contribution in [3.8, 4) is 0 Å². The first-order valence-corrected chi connectivity index (χ1v) is 4.76. The molecule has 0 saturated carbocycles. The van der Waals surface area contributed by atoms with Crippen molar-refractivity contribution in [2.24, 2.45) is 0 Å². The molecule has 4 nitrogen and oxygen atoms in total. The Morgan fingerprint density at radius 2 is 2.18 bits per heavy atom. The molecule has 1 rings (SSSR count). The van der Waals surface area contributed by atoms with Gasteiger partial charge in [-0.2, -0.15) is 13.2 Å². The van der Waals surface area contributed by atoms with Gasteiger partial charge in [-0.05, 0) is 26.0 Å². The monoisotopic (exact) mass is 252 g/mol. The van der Waals surface area contributed by atoms with Gasteiger partial charge in [0.1, 0.15) is 5.76 Å². The number of rotatable bonds is 2. The van der Waals surface area contributed by atoms with Crippen molar-refractivity contribution in [3.63, 3.8) is 0 Å². The Morgan fingerprint density at radius 3 is 2.59 bits per heavy atom. The minimum absolute atomic E-state index is 0.0903. The average molecular weight is 252 g/mol. The highest BCUT2D eigenvalue weighted by molar-refractivity contribution is 5.92. The standard InChI is InChI=1S/C10H11F3O4/c1-3-16-8(14)7-4-5-9(15,10(11,12)13)17-6(7)2/h4-5,15H,3H2,1-2H3. The second kappa shape index (κ2) is 4.40. The summed E-state index contributed by atoms with van der Waals surface area (Å²) >= 11 is 0. The number of halogens is 3. The molecule has 0 fully saturated rings. The van der Waals surface area contributed by atoms with Gasteiger partial charge in [-0.25, -0.2) is 4.79 Å². The number of aliphatic hydroxyl groups is 1. The van der Waals surface area contributed by atoms with Crippen molar-refractivity contribution in [1.82, 2.24) is 0 Å². The van der Waals surface area contributed by atoms with Crippen molar-refractivity contribution in [2.75, 3.05) is 6.61 Å². The van der Waals surface area contributed by atoms with Gasteiger partial charge in [-0.1, -0.05) is 0 Å². The van der Waals surface area contributed by atoms with Crippen LogP contribution < -0.4 is 0 Å². The molecule has 1 N–H and O–H groups in total. The van der Waals surface area contributed by atoms with Crippen molar-refractivity contribution in [2.45, 2.75) is 25.8 Å². The van der Waals surface area contributed by atoms with E-state index in [0.717, 1.165) is 13.0 Å². The molecule has 0 bridgehead atoms. The number of alkyl halides is 3. The topological polar surface area (TPSA) is 55.8 Å². The maximum Gasteiger partial charge on any atom is 0.459 e. The molecule has 1 aliphatic rings. The van der Waals surface area contributed by atoms with Crippen molar-refractivity contribution >= 4 is 5.97 Å². The van der Waals surface area contributed by atoms with Crippen LogP contribution in [0, 0.1) is 0 Å². The zero-order valence-corrected chi connectivity index (χ0v) is 9.17. The fourth-order valence-electron chi connectivity index (χ4n) is 1.21. The molecule has 0 saturated heterocycles. The second-order valence-corrected chi connectivity index (χ2v) is 3.32. The summed E-state index contributed by atoms with van der Waals surface area (Å²) in [5, 5.41) is 9.19. The van der Waals surface area contributed by atoms with E-state index in [1.807, 2.05) is 0 Å². The fraction of sp³-hybridized carbons (Fsp3) is 0.500. The highest BCUT2D eigenvalue weighted by Crippen LogP contribution is 2.37. The molecule has 0 aromatic carbocycles. The van der Waals surface area contributed by atoms with Gasteiger partial charge in [0.2, 0.25) is 0 Å². The quantitative estimate of drug-likeness (QED) is 0.759. The van der Waals surface area contributed by atoms with Crippen LogP contribution in [0.15, 0.2) is 23.5 Å². The van der Waals surface area contributed by atoms with Crippen LogP contribution in [0.5, 0.6) is 0 Å². The van der Waals surface area contributed by atoms with E-state index in [1.165, 1.54) is 0 Å². The third kappa shape index (κ3) is 2.60. The minimum Gasteiger partial charge on any atom is -0.462 e. The number of ether oxygens (including phenoxy) is 2.